The van der Waals surface area contributed by atoms with Crippen LogP contribution in [0.15, 0.2) is 79.3 Å². The average Bonchev–Trinajstić information content (AvgIpc) is 3.38. The number of hydrogen-bond donors (Lipinski definition) is 0. The van der Waals surface area contributed by atoms with Gasteiger partial charge in [-0.3, -0.25) is 9.36 Å². The largest absolute Gasteiger partial charge is 0.337 e. The molecule has 1 aromatic heterocycles. The van der Waals surface area contributed by atoms with Crippen molar-refractivity contribution in [2.75, 3.05) is 13.1 Å². The van der Waals surface area contributed by atoms with Crippen LogP contribution in [0.1, 0.15) is 46.4 Å². The maximum Gasteiger partial charge on any atom is 0.272 e. The third-order valence-electron chi connectivity index (χ3n) is 7.21. The van der Waals surface area contributed by atoms with E-state index < -0.39 is 0 Å². The van der Waals surface area contributed by atoms with E-state index >= 15 is 0 Å². The molecule has 0 saturated carbocycles. The second-order valence-corrected chi connectivity index (χ2v) is 9.97. The molecule has 1 aliphatic rings. The normalized spacial score (nSPS) is 14.2. The quantitative estimate of drug-likeness (QED) is 0.304. The van der Waals surface area contributed by atoms with Gasteiger partial charge in [0.2, 0.25) is 0 Å². The van der Waals surface area contributed by atoms with E-state index in [9.17, 15) is 9.18 Å². The number of aryl methyl sites for hydroxylation is 3. The van der Waals surface area contributed by atoms with Crippen LogP contribution in [0.2, 0.25) is 0 Å². The smallest absolute Gasteiger partial charge is 0.272 e. The number of hydrogen-bond acceptors (Lipinski definition) is 2. The van der Waals surface area contributed by atoms with E-state index in [0.717, 1.165) is 50.0 Å². The lowest BCUT2D eigenvalue weighted by Gasteiger charge is -2.32. The molecule has 0 radical (unpaired) electrons. The third-order valence-corrected chi connectivity index (χ3v) is 7.21. The van der Waals surface area contributed by atoms with Crippen LogP contribution in [0, 0.1) is 25.6 Å². The minimum Gasteiger partial charge on any atom is -0.337 e. The second kappa shape index (κ2) is 10.5. The number of carbonyl (C=O) groups excluding carboxylic acids is 1. The Kier molecular flexibility index (Phi) is 6.99. The third kappa shape index (κ3) is 5.40. The van der Waals surface area contributed by atoms with E-state index in [0.29, 0.717) is 11.6 Å². The monoisotopic (exact) mass is 481 g/mol. The van der Waals surface area contributed by atoms with Crippen LogP contribution < -0.4 is 0 Å². The molecule has 5 rings (SSSR count). The molecule has 3 aromatic carbocycles. The highest BCUT2D eigenvalue weighted by atomic mass is 19.1. The maximum atomic E-state index is 13.4. The average molecular weight is 482 g/mol. The Morgan fingerprint density at radius 1 is 0.917 bits per heavy atom. The summed E-state index contributed by atoms with van der Waals surface area (Å²) in [7, 11) is 0. The lowest BCUT2D eigenvalue weighted by Crippen LogP contribution is -2.39. The molecule has 0 spiro atoms. The summed E-state index contributed by atoms with van der Waals surface area (Å²) in [6, 6.07) is 21.6. The van der Waals surface area contributed by atoms with E-state index in [1.807, 2.05) is 33.7 Å². The van der Waals surface area contributed by atoms with Crippen molar-refractivity contribution >= 4 is 5.91 Å². The van der Waals surface area contributed by atoms with Crippen molar-refractivity contribution in [2.45, 2.75) is 39.5 Å². The van der Waals surface area contributed by atoms with Gasteiger partial charge in [0.1, 0.15) is 11.5 Å². The number of amides is 1. The molecule has 1 amide bonds. The van der Waals surface area contributed by atoms with Crippen LogP contribution in [0.4, 0.5) is 4.39 Å². The number of rotatable bonds is 6. The standard InChI is InChI=1S/C31H32FN3O/c1-22-17-23(2)19-27(18-22)26-7-11-29(12-8-26)35-21-33-20-30(35)31(36)34-15-13-25(14-16-34)4-3-24-5-9-28(32)10-6-24/h5-12,17-21,25H,3-4,13-16H2,1-2H3. The van der Waals surface area contributed by atoms with Gasteiger partial charge < -0.3 is 4.90 Å². The molecule has 1 aliphatic heterocycles. The van der Waals surface area contributed by atoms with Gasteiger partial charge in [-0.15, -0.1) is 0 Å². The number of piperidine rings is 1. The Bertz CT molecular complexity index is 1310. The molecule has 1 saturated heterocycles. The van der Waals surface area contributed by atoms with Crippen LogP contribution >= 0.6 is 0 Å². The second-order valence-electron chi connectivity index (χ2n) is 9.97. The fourth-order valence-electron chi connectivity index (χ4n) is 5.22. The number of carbonyl (C=O) groups is 1. The first-order valence-electron chi connectivity index (χ1n) is 12.7. The first-order valence-corrected chi connectivity index (χ1v) is 12.7. The Labute approximate surface area is 212 Å². The lowest BCUT2D eigenvalue weighted by molar-refractivity contribution is 0.0679. The summed E-state index contributed by atoms with van der Waals surface area (Å²) in [5.41, 5.74) is 7.54. The molecule has 0 aliphatic carbocycles. The van der Waals surface area contributed by atoms with Crippen LogP contribution in [-0.4, -0.2) is 33.4 Å². The van der Waals surface area contributed by atoms with Gasteiger partial charge in [-0.25, -0.2) is 9.37 Å². The SMILES string of the molecule is Cc1cc(C)cc(-c2ccc(-n3cncc3C(=O)N3CCC(CCc4ccc(F)cc4)CC3)cc2)c1. The minimum absolute atomic E-state index is 0.0304. The van der Waals surface area contributed by atoms with Gasteiger partial charge in [-0.05, 0) is 86.4 Å². The van der Waals surface area contributed by atoms with Gasteiger partial charge in [-0.2, -0.15) is 0 Å². The van der Waals surface area contributed by atoms with Crippen molar-refractivity contribution in [3.63, 3.8) is 0 Å². The van der Waals surface area contributed by atoms with Crippen LogP contribution in [0.25, 0.3) is 16.8 Å². The summed E-state index contributed by atoms with van der Waals surface area (Å²) >= 11 is 0. The highest BCUT2D eigenvalue weighted by Gasteiger charge is 2.25. The molecule has 184 valence electrons. The van der Waals surface area contributed by atoms with E-state index in [1.54, 1.807) is 12.5 Å². The molecule has 36 heavy (non-hydrogen) atoms. The molecular weight excluding hydrogens is 449 g/mol. The number of aromatic nitrogens is 2. The van der Waals surface area contributed by atoms with Gasteiger partial charge in [0.15, 0.2) is 0 Å². The summed E-state index contributed by atoms with van der Waals surface area (Å²) in [5.74, 6) is 0.423. The number of imidazole rings is 1. The fourth-order valence-corrected chi connectivity index (χ4v) is 5.22. The van der Waals surface area contributed by atoms with Crippen molar-refractivity contribution in [1.29, 1.82) is 0 Å². The van der Waals surface area contributed by atoms with Crippen molar-refractivity contribution < 1.29 is 9.18 Å². The van der Waals surface area contributed by atoms with Crippen molar-refractivity contribution in [3.8, 4) is 16.8 Å². The van der Waals surface area contributed by atoms with Gasteiger partial charge in [0.05, 0.1) is 12.5 Å². The summed E-state index contributed by atoms with van der Waals surface area (Å²) in [5, 5.41) is 0. The van der Waals surface area contributed by atoms with Gasteiger partial charge >= 0.3 is 0 Å². The fraction of sp³-hybridized carbons (Fsp3) is 0.290. The van der Waals surface area contributed by atoms with E-state index in [1.165, 1.54) is 34.4 Å². The number of nitrogens with zero attached hydrogens (tertiary/aromatic N) is 3. The molecule has 2 heterocycles. The van der Waals surface area contributed by atoms with Crippen LogP contribution in [-0.2, 0) is 6.42 Å². The Morgan fingerprint density at radius 2 is 1.58 bits per heavy atom. The number of halogens is 1. The van der Waals surface area contributed by atoms with Crippen molar-refractivity contribution in [2.24, 2.45) is 5.92 Å². The maximum absolute atomic E-state index is 13.4. The molecular formula is C31H32FN3O. The molecule has 0 unspecified atom stereocenters. The van der Waals surface area contributed by atoms with Crippen LogP contribution in [0.5, 0.6) is 0 Å². The predicted molar refractivity (Wildman–Crippen MR) is 142 cm³/mol. The minimum atomic E-state index is -0.192. The highest BCUT2D eigenvalue weighted by molar-refractivity contribution is 5.93. The summed E-state index contributed by atoms with van der Waals surface area (Å²) < 4.78 is 15.0. The summed E-state index contributed by atoms with van der Waals surface area (Å²) in [4.78, 5) is 19.6. The zero-order chi connectivity index (χ0) is 25.1. The highest BCUT2D eigenvalue weighted by Crippen LogP contribution is 2.26. The first kappa shape index (κ1) is 24.0. The molecule has 0 bridgehead atoms. The van der Waals surface area contributed by atoms with E-state index in [2.05, 4.69) is 49.2 Å². The first-order chi connectivity index (χ1) is 17.5. The summed E-state index contributed by atoms with van der Waals surface area (Å²) in [6.07, 6.45) is 7.38. The topological polar surface area (TPSA) is 38.1 Å². The van der Waals surface area contributed by atoms with Gasteiger partial charge in [0, 0.05) is 18.8 Å². The van der Waals surface area contributed by atoms with Crippen molar-refractivity contribution in [3.05, 3.63) is 107 Å². The van der Waals surface area contributed by atoms with E-state index in [4.69, 9.17) is 0 Å². The van der Waals surface area contributed by atoms with E-state index in [-0.39, 0.29) is 11.7 Å². The predicted octanol–water partition coefficient (Wildman–Crippen LogP) is 6.78. The zero-order valence-electron chi connectivity index (χ0n) is 21.0. The molecule has 4 aromatic rings. The zero-order valence-corrected chi connectivity index (χ0v) is 21.0. The molecule has 0 atom stereocenters. The van der Waals surface area contributed by atoms with Crippen molar-refractivity contribution in [1.82, 2.24) is 14.5 Å². The molecule has 1 fully saturated rings. The van der Waals surface area contributed by atoms with Crippen LogP contribution in [0.3, 0.4) is 0 Å². The lowest BCUT2D eigenvalue weighted by atomic mass is 9.90. The Hall–Kier alpha value is -3.73. The number of likely N-dealkylation sites (tertiary alicyclic amines) is 1. The Morgan fingerprint density at radius 3 is 2.25 bits per heavy atom. The van der Waals surface area contributed by atoms with Gasteiger partial charge in [0.25, 0.3) is 5.91 Å². The molecule has 4 nitrogen and oxygen atoms in total. The molecule has 5 heteroatoms. The summed E-state index contributed by atoms with van der Waals surface area (Å²) in [6.45, 7) is 5.73. The molecule has 0 N–H and O–H groups in total. The van der Waals surface area contributed by atoms with Gasteiger partial charge in [-0.1, -0.05) is 53.6 Å². The Balaban J connectivity index is 1.22. The number of benzene rings is 3.